The third kappa shape index (κ3) is 2.34. The summed E-state index contributed by atoms with van der Waals surface area (Å²) in [4.78, 5) is 8.99. The number of aromatic nitrogens is 2. The van der Waals surface area contributed by atoms with Gasteiger partial charge in [0, 0.05) is 13.0 Å². The van der Waals surface area contributed by atoms with Crippen LogP contribution < -0.4 is 5.32 Å². The average Bonchev–Trinajstić information content (AvgIpc) is 2.20. The zero-order valence-electron chi connectivity index (χ0n) is 9.06. The molecule has 78 valence electrons. The van der Waals surface area contributed by atoms with Gasteiger partial charge in [0.1, 0.15) is 11.6 Å². The highest BCUT2D eigenvalue weighted by atomic mass is 127. The van der Waals surface area contributed by atoms with Crippen LogP contribution in [0, 0.1) is 10.5 Å². The van der Waals surface area contributed by atoms with Gasteiger partial charge in [-0.2, -0.15) is 0 Å². The molecule has 1 N–H and O–H groups in total. The van der Waals surface area contributed by atoms with Crippen molar-refractivity contribution in [3.05, 3.63) is 15.1 Å². The molecule has 0 aromatic carbocycles. The number of hydrogen-bond donors (Lipinski definition) is 1. The molecule has 0 aliphatic heterocycles. The molecule has 14 heavy (non-hydrogen) atoms. The molecule has 1 aromatic heterocycles. The maximum Gasteiger partial charge on any atom is 0.143 e. The first kappa shape index (κ1) is 11.7. The molecule has 0 spiro atoms. The Morgan fingerprint density at radius 1 is 1.43 bits per heavy atom. The molecule has 4 heteroatoms. The molecule has 0 aliphatic carbocycles. The van der Waals surface area contributed by atoms with Crippen molar-refractivity contribution in [2.45, 2.75) is 33.1 Å². The lowest BCUT2D eigenvalue weighted by Gasteiger charge is -2.12. The summed E-state index contributed by atoms with van der Waals surface area (Å²) in [6.45, 7) is 6.33. The minimum Gasteiger partial charge on any atom is -0.372 e. The van der Waals surface area contributed by atoms with Gasteiger partial charge in [-0.05, 0) is 35.9 Å². The van der Waals surface area contributed by atoms with Gasteiger partial charge in [-0.1, -0.05) is 13.8 Å². The third-order valence-electron chi connectivity index (χ3n) is 2.32. The maximum atomic E-state index is 4.49. The lowest BCUT2D eigenvalue weighted by Crippen LogP contribution is -2.07. The van der Waals surface area contributed by atoms with E-state index in [0.29, 0.717) is 5.92 Å². The lowest BCUT2D eigenvalue weighted by atomic mass is 10.1. The van der Waals surface area contributed by atoms with Crippen molar-refractivity contribution in [3.63, 3.8) is 0 Å². The summed E-state index contributed by atoms with van der Waals surface area (Å²) < 4.78 is 1.11. The second-order valence-corrected chi connectivity index (χ2v) is 4.47. The zero-order valence-corrected chi connectivity index (χ0v) is 11.2. The summed E-state index contributed by atoms with van der Waals surface area (Å²) in [5, 5.41) is 3.10. The number of anilines is 1. The first-order chi connectivity index (χ1) is 6.60. The van der Waals surface area contributed by atoms with Crippen LogP contribution in [0.5, 0.6) is 0 Å². The number of hydrogen-bond acceptors (Lipinski definition) is 3. The molecule has 1 heterocycles. The molecule has 0 aliphatic rings. The second kappa shape index (κ2) is 4.91. The molecular formula is C10H16IN3. The summed E-state index contributed by atoms with van der Waals surface area (Å²) in [5.41, 5.74) is 1.06. The molecule has 1 rings (SSSR count). The van der Waals surface area contributed by atoms with Crippen molar-refractivity contribution in [1.82, 2.24) is 9.97 Å². The first-order valence-corrected chi connectivity index (χ1v) is 5.89. The smallest absolute Gasteiger partial charge is 0.143 e. The summed E-state index contributed by atoms with van der Waals surface area (Å²) >= 11 is 2.27. The standard InChI is InChI=1S/C10H16IN3/c1-5-6(2)9-13-7(3)8(11)10(12-4)14-9/h6H,5H2,1-4H3,(H,12,13,14). The van der Waals surface area contributed by atoms with Crippen LogP contribution in [-0.4, -0.2) is 17.0 Å². The van der Waals surface area contributed by atoms with Gasteiger partial charge in [0.2, 0.25) is 0 Å². The van der Waals surface area contributed by atoms with E-state index in [0.717, 1.165) is 27.3 Å². The van der Waals surface area contributed by atoms with Gasteiger partial charge < -0.3 is 5.32 Å². The summed E-state index contributed by atoms with van der Waals surface area (Å²) in [5.74, 6) is 2.31. The van der Waals surface area contributed by atoms with Crippen molar-refractivity contribution in [1.29, 1.82) is 0 Å². The van der Waals surface area contributed by atoms with E-state index in [1.807, 2.05) is 14.0 Å². The van der Waals surface area contributed by atoms with E-state index in [1.165, 1.54) is 0 Å². The van der Waals surface area contributed by atoms with E-state index < -0.39 is 0 Å². The molecule has 0 fully saturated rings. The molecule has 0 bridgehead atoms. The lowest BCUT2D eigenvalue weighted by molar-refractivity contribution is 0.674. The second-order valence-electron chi connectivity index (χ2n) is 3.39. The van der Waals surface area contributed by atoms with Gasteiger partial charge in [0.15, 0.2) is 0 Å². The van der Waals surface area contributed by atoms with E-state index >= 15 is 0 Å². The minimum absolute atomic E-state index is 0.429. The monoisotopic (exact) mass is 305 g/mol. The SMILES string of the molecule is CCC(C)c1nc(C)c(I)c(NC)n1. The van der Waals surface area contributed by atoms with E-state index in [1.54, 1.807) is 0 Å². The summed E-state index contributed by atoms with van der Waals surface area (Å²) in [6, 6.07) is 0. The first-order valence-electron chi connectivity index (χ1n) is 4.81. The van der Waals surface area contributed by atoms with Crippen LogP contribution >= 0.6 is 22.6 Å². The van der Waals surface area contributed by atoms with E-state index in [4.69, 9.17) is 0 Å². The number of rotatable bonds is 3. The van der Waals surface area contributed by atoms with Crippen LogP contribution in [0.1, 0.15) is 37.7 Å². The third-order valence-corrected chi connectivity index (χ3v) is 3.62. The van der Waals surface area contributed by atoms with E-state index in [9.17, 15) is 0 Å². The number of nitrogens with zero attached hydrogens (tertiary/aromatic N) is 2. The van der Waals surface area contributed by atoms with Crippen LogP contribution in [0.4, 0.5) is 5.82 Å². The molecule has 0 saturated heterocycles. The Labute approximate surface area is 98.9 Å². The topological polar surface area (TPSA) is 37.8 Å². The van der Waals surface area contributed by atoms with Gasteiger partial charge in [0.05, 0.1) is 9.26 Å². The van der Waals surface area contributed by atoms with Crippen LogP contribution in [0.25, 0.3) is 0 Å². The molecule has 0 saturated carbocycles. The summed E-state index contributed by atoms with van der Waals surface area (Å²) in [7, 11) is 1.89. The van der Waals surface area contributed by atoms with E-state index in [2.05, 4.69) is 51.7 Å². The Morgan fingerprint density at radius 2 is 2.07 bits per heavy atom. The molecule has 0 amide bonds. The van der Waals surface area contributed by atoms with Crippen LogP contribution in [0.2, 0.25) is 0 Å². The Morgan fingerprint density at radius 3 is 2.57 bits per heavy atom. The number of aryl methyl sites for hydroxylation is 1. The van der Waals surface area contributed by atoms with Crippen molar-refractivity contribution in [2.75, 3.05) is 12.4 Å². The zero-order chi connectivity index (χ0) is 10.7. The quantitative estimate of drug-likeness (QED) is 0.873. The van der Waals surface area contributed by atoms with Crippen LogP contribution in [0.15, 0.2) is 0 Å². The van der Waals surface area contributed by atoms with Gasteiger partial charge in [-0.15, -0.1) is 0 Å². The van der Waals surface area contributed by atoms with Gasteiger partial charge in [0.25, 0.3) is 0 Å². The fourth-order valence-electron chi connectivity index (χ4n) is 1.15. The van der Waals surface area contributed by atoms with Crippen molar-refractivity contribution >= 4 is 28.4 Å². The average molecular weight is 305 g/mol. The largest absolute Gasteiger partial charge is 0.372 e. The Bertz CT molecular complexity index is 325. The van der Waals surface area contributed by atoms with Crippen molar-refractivity contribution in [2.24, 2.45) is 0 Å². The highest BCUT2D eigenvalue weighted by molar-refractivity contribution is 14.1. The fourth-order valence-corrected chi connectivity index (χ4v) is 1.66. The van der Waals surface area contributed by atoms with Gasteiger partial charge in [-0.25, -0.2) is 9.97 Å². The molecule has 0 radical (unpaired) electrons. The number of nitrogens with one attached hydrogen (secondary N) is 1. The van der Waals surface area contributed by atoms with Gasteiger partial charge in [-0.3, -0.25) is 0 Å². The molecule has 3 nitrogen and oxygen atoms in total. The Kier molecular flexibility index (Phi) is 4.10. The molecule has 1 atom stereocenters. The Balaban J connectivity index is 3.16. The van der Waals surface area contributed by atoms with E-state index in [-0.39, 0.29) is 0 Å². The number of halogens is 1. The predicted octanol–water partition coefficient (Wildman–Crippen LogP) is 2.94. The van der Waals surface area contributed by atoms with Crippen LogP contribution in [0.3, 0.4) is 0 Å². The molecule has 1 unspecified atom stereocenters. The molecule has 1 aromatic rings. The molecular weight excluding hydrogens is 289 g/mol. The van der Waals surface area contributed by atoms with Crippen molar-refractivity contribution in [3.8, 4) is 0 Å². The van der Waals surface area contributed by atoms with Crippen molar-refractivity contribution < 1.29 is 0 Å². The highest BCUT2D eigenvalue weighted by Crippen LogP contribution is 2.22. The van der Waals surface area contributed by atoms with Crippen LogP contribution in [-0.2, 0) is 0 Å². The minimum atomic E-state index is 0.429. The normalized spacial score (nSPS) is 12.6. The fraction of sp³-hybridized carbons (Fsp3) is 0.600. The maximum absolute atomic E-state index is 4.49. The Hall–Kier alpha value is -0.390. The highest BCUT2D eigenvalue weighted by Gasteiger charge is 2.11. The predicted molar refractivity (Wildman–Crippen MR) is 67.7 cm³/mol. The summed E-state index contributed by atoms with van der Waals surface area (Å²) in [6.07, 6.45) is 1.07. The van der Waals surface area contributed by atoms with Gasteiger partial charge >= 0.3 is 0 Å².